The number of aryl methyl sites for hydroxylation is 1. The van der Waals surface area contributed by atoms with Gasteiger partial charge in [0.05, 0.1) is 29.7 Å². The fourth-order valence-corrected chi connectivity index (χ4v) is 1.47. The quantitative estimate of drug-likeness (QED) is 0.910. The summed E-state index contributed by atoms with van der Waals surface area (Å²) in [5, 5.41) is 9.45. The summed E-state index contributed by atoms with van der Waals surface area (Å²) in [4.78, 5) is 7.98. The fourth-order valence-electron chi connectivity index (χ4n) is 1.31. The van der Waals surface area contributed by atoms with E-state index in [-0.39, 0.29) is 6.61 Å². The molecule has 2 rings (SSSR count). The van der Waals surface area contributed by atoms with E-state index in [2.05, 4.69) is 9.97 Å². The Hall–Kier alpha value is -1.65. The third kappa shape index (κ3) is 2.93. The maximum atomic E-state index is 8.94. The van der Waals surface area contributed by atoms with E-state index in [1.807, 2.05) is 19.1 Å². The maximum absolute atomic E-state index is 8.94. The monoisotopic (exact) mass is 250 g/mol. The number of benzene rings is 1. The third-order valence-electron chi connectivity index (χ3n) is 2.13. The Morgan fingerprint density at radius 2 is 2.18 bits per heavy atom. The molecule has 0 saturated heterocycles. The van der Waals surface area contributed by atoms with Gasteiger partial charge in [-0.25, -0.2) is 4.98 Å². The molecule has 0 fully saturated rings. The summed E-state index contributed by atoms with van der Waals surface area (Å²) in [6.07, 6.45) is 2.95. The van der Waals surface area contributed by atoms with Crippen LogP contribution in [0, 0.1) is 6.92 Å². The maximum Gasteiger partial charge on any atom is 0.238 e. The molecule has 0 atom stereocenters. The summed E-state index contributed by atoms with van der Waals surface area (Å²) in [7, 11) is 0. The van der Waals surface area contributed by atoms with E-state index in [0.717, 1.165) is 5.56 Å². The van der Waals surface area contributed by atoms with Crippen LogP contribution in [0.2, 0.25) is 5.02 Å². The predicted molar refractivity (Wildman–Crippen MR) is 64.2 cm³/mol. The topological polar surface area (TPSA) is 55.2 Å². The second kappa shape index (κ2) is 5.12. The summed E-state index contributed by atoms with van der Waals surface area (Å²) in [6.45, 7) is 1.77. The number of rotatable bonds is 3. The number of nitrogens with zero attached hydrogens (tertiary/aromatic N) is 2. The van der Waals surface area contributed by atoms with Crippen LogP contribution in [0.15, 0.2) is 30.6 Å². The van der Waals surface area contributed by atoms with Crippen molar-refractivity contribution in [1.82, 2.24) is 9.97 Å². The molecule has 0 bridgehead atoms. The minimum Gasteiger partial charge on any atom is -0.436 e. The smallest absolute Gasteiger partial charge is 0.238 e. The van der Waals surface area contributed by atoms with Crippen molar-refractivity contribution in [3.05, 3.63) is 46.9 Å². The number of hydrogen-bond acceptors (Lipinski definition) is 4. The molecule has 0 aliphatic heterocycles. The molecule has 5 heteroatoms. The molecule has 1 N–H and O–H groups in total. The molecule has 0 aliphatic carbocycles. The summed E-state index contributed by atoms with van der Waals surface area (Å²) < 4.78 is 5.52. The Morgan fingerprint density at radius 3 is 2.94 bits per heavy atom. The van der Waals surface area contributed by atoms with Gasteiger partial charge in [-0.05, 0) is 24.6 Å². The standard InChI is InChI=1S/C12H11ClN2O2/c1-8-2-3-10(13)11(4-8)17-12-6-14-5-9(7-16)15-12/h2-6,16H,7H2,1H3. The van der Waals surface area contributed by atoms with Crippen LogP contribution in [-0.2, 0) is 6.61 Å². The molecule has 0 radical (unpaired) electrons. The zero-order valence-electron chi connectivity index (χ0n) is 9.22. The van der Waals surface area contributed by atoms with Gasteiger partial charge in [0.2, 0.25) is 5.88 Å². The fraction of sp³-hybridized carbons (Fsp3) is 0.167. The molecule has 0 aliphatic rings. The number of aliphatic hydroxyl groups excluding tert-OH is 1. The molecule has 17 heavy (non-hydrogen) atoms. The SMILES string of the molecule is Cc1ccc(Cl)c(Oc2cncc(CO)n2)c1. The Bertz CT molecular complexity index is 532. The van der Waals surface area contributed by atoms with Gasteiger partial charge in [-0.3, -0.25) is 4.98 Å². The lowest BCUT2D eigenvalue weighted by Gasteiger charge is -2.07. The zero-order valence-corrected chi connectivity index (χ0v) is 9.98. The van der Waals surface area contributed by atoms with Crippen LogP contribution in [0.4, 0.5) is 0 Å². The number of aromatic nitrogens is 2. The molecule has 1 heterocycles. The van der Waals surface area contributed by atoms with Crippen LogP contribution in [-0.4, -0.2) is 15.1 Å². The molecule has 0 amide bonds. The molecule has 2 aromatic rings. The van der Waals surface area contributed by atoms with Crippen molar-refractivity contribution in [3.8, 4) is 11.6 Å². The van der Waals surface area contributed by atoms with E-state index in [9.17, 15) is 0 Å². The number of halogens is 1. The number of hydrogen-bond donors (Lipinski definition) is 1. The van der Waals surface area contributed by atoms with Gasteiger partial charge in [0.1, 0.15) is 5.75 Å². The molecule has 0 unspecified atom stereocenters. The Balaban J connectivity index is 2.27. The molecule has 1 aromatic heterocycles. The lowest BCUT2D eigenvalue weighted by Crippen LogP contribution is -1.95. The average Bonchev–Trinajstić information content (AvgIpc) is 2.34. The van der Waals surface area contributed by atoms with Crippen LogP contribution in [0.5, 0.6) is 11.6 Å². The van der Waals surface area contributed by atoms with Gasteiger partial charge in [-0.2, -0.15) is 0 Å². The van der Waals surface area contributed by atoms with E-state index >= 15 is 0 Å². The Morgan fingerprint density at radius 1 is 1.35 bits per heavy atom. The normalized spacial score (nSPS) is 10.3. The predicted octanol–water partition coefficient (Wildman–Crippen LogP) is 2.72. The van der Waals surface area contributed by atoms with Crippen LogP contribution in [0.3, 0.4) is 0 Å². The highest BCUT2D eigenvalue weighted by Gasteiger charge is 2.05. The molecular formula is C12H11ClN2O2. The molecular weight excluding hydrogens is 240 g/mol. The van der Waals surface area contributed by atoms with Crippen LogP contribution >= 0.6 is 11.6 Å². The second-order valence-corrected chi connectivity index (χ2v) is 3.95. The summed E-state index contributed by atoms with van der Waals surface area (Å²) in [6, 6.07) is 5.47. The highest BCUT2D eigenvalue weighted by atomic mass is 35.5. The zero-order chi connectivity index (χ0) is 12.3. The molecule has 0 saturated carbocycles. The lowest BCUT2D eigenvalue weighted by molar-refractivity contribution is 0.274. The van der Waals surface area contributed by atoms with Crippen molar-refractivity contribution >= 4 is 11.6 Å². The van der Waals surface area contributed by atoms with Crippen molar-refractivity contribution in [2.24, 2.45) is 0 Å². The minimum absolute atomic E-state index is 0.175. The lowest BCUT2D eigenvalue weighted by atomic mass is 10.2. The van der Waals surface area contributed by atoms with Gasteiger partial charge in [0.15, 0.2) is 0 Å². The van der Waals surface area contributed by atoms with Crippen molar-refractivity contribution in [2.45, 2.75) is 13.5 Å². The van der Waals surface area contributed by atoms with Gasteiger partial charge in [0.25, 0.3) is 0 Å². The first-order chi connectivity index (χ1) is 8.19. The number of aliphatic hydroxyl groups is 1. The highest BCUT2D eigenvalue weighted by Crippen LogP contribution is 2.28. The first-order valence-corrected chi connectivity index (χ1v) is 5.42. The second-order valence-electron chi connectivity index (χ2n) is 3.54. The Kier molecular flexibility index (Phi) is 3.56. The van der Waals surface area contributed by atoms with E-state index < -0.39 is 0 Å². The Labute approximate surface area is 104 Å². The van der Waals surface area contributed by atoms with E-state index in [1.165, 1.54) is 12.4 Å². The molecule has 88 valence electrons. The van der Waals surface area contributed by atoms with Crippen molar-refractivity contribution in [1.29, 1.82) is 0 Å². The highest BCUT2D eigenvalue weighted by molar-refractivity contribution is 6.32. The molecule has 0 spiro atoms. The number of ether oxygens (including phenoxy) is 1. The van der Waals surface area contributed by atoms with Gasteiger partial charge in [-0.1, -0.05) is 17.7 Å². The van der Waals surface area contributed by atoms with Gasteiger partial charge in [-0.15, -0.1) is 0 Å². The summed E-state index contributed by atoms with van der Waals surface area (Å²) in [5.41, 5.74) is 1.49. The molecule has 4 nitrogen and oxygen atoms in total. The minimum atomic E-state index is -0.175. The van der Waals surface area contributed by atoms with Crippen LogP contribution in [0.1, 0.15) is 11.3 Å². The van der Waals surface area contributed by atoms with Crippen LogP contribution in [0.25, 0.3) is 0 Å². The van der Waals surface area contributed by atoms with Crippen molar-refractivity contribution < 1.29 is 9.84 Å². The largest absolute Gasteiger partial charge is 0.436 e. The van der Waals surface area contributed by atoms with E-state index in [1.54, 1.807) is 6.07 Å². The first-order valence-electron chi connectivity index (χ1n) is 5.05. The van der Waals surface area contributed by atoms with E-state index in [4.69, 9.17) is 21.4 Å². The van der Waals surface area contributed by atoms with Gasteiger partial charge < -0.3 is 9.84 Å². The van der Waals surface area contributed by atoms with E-state index in [0.29, 0.717) is 22.3 Å². The molecule has 1 aromatic carbocycles. The van der Waals surface area contributed by atoms with Crippen LogP contribution < -0.4 is 4.74 Å². The van der Waals surface area contributed by atoms with Crippen molar-refractivity contribution in [2.75, 3.05) is 0 Å². The van der Waals surface area contributed by atoms with Crippen molar-refractivity contribution in [3.63, 3.8) is 0 Å². The summed E-state index contributed by atoms with van der Waals surface area (Å²) >= 11 is 6.00. The van der Waals surface area contributed by atoms with Gasteiger partial charge in [0, 0.05) is 0 Å². The summed E-state index contributed by atoms with van der Waals surface area (Å²) in [5.74, 6) is 0.833. The first kappa shape index (κ1) is 11.8. The van der Waals surface area contributed by atoms with Gasteiger partial charge >= 0.3 is 0 Å². The third-order valence-corrected chi connectivity index (χ3v) is 2.44. The average molecular weight is 251 g/mol.